The number of hydrogen-bond acceptors (Lipinski definition) is 2. The Morgan fingerprint density at radius 3 is 1.43 bits per heavy atom. The molecule has 264 valence electrons. The van der Waals surface area contributed by atoms with Crippen LogP contribution in [0.2, 0.25) is 0 Å². The molecular formula is C54H37NO. The van der Waals surface area contributed by atoms with E-state index in [1.54, 1.807) is 0 Å². The topological polar surface area (TPSA) is 16.4 Å². The van der Waals surface area contributed by atoms with Gasteiger partial charge in [-0.05, 0) is 86.5 Å². The van der Waals surface area contributed by atoms with Crippen LogP contribution < -0.4 is 4.90 Å². The van der Waals surface area contributed by atoms with Gasteiger partial charge in [0.05, 0.1) is 5.69 Å². The van der Waals surface area contributed by atoms with Crippen molar-refractivity contribution in [2.45, 2.75) is 0 Å². The summed E-state index contributed by atoms with van der Waals surface area (Å²) in [4.78, 5) is 2.35. The molecule has 0 bridgehead atoms. The van der Waals surface area contributed by atoms with Crippen molar-refractivity contribution >= 4 is 39.0 Å². The molecule has 56 heavy (non-hydrogen) atoms. The van der Waals surface area contributed by atoms with Crippen molar-refractivity contribution in [2.75, 3.05) is 4.90 Å². The zero-order valence-corrected chi connectivity index (χ0v) is 30.7. The molecule has 0 saturated carbocycles. The maximum atomic E-state index is 6.42. The second-order valence-corrected chi connectivity index (χ2v) is 14.0. The summed E-state index contributed by atoms with van der Waals surface area (Å²) in [6.07, 6.45) is 0. The lowest BCUT2D eigenvalue weighted by molar-refractivity contribution is 0.669. The number of rotatable bonds is 8. The number of fused-ring (bicyclic) bond motifs is 3. The van der Waals surface area contributed by atoms with Crippen LogP contribution in [0.4, 0.5) is 17.1 Å². The number of para-hydroxylation sites is 2. The standard InChI is InChI=1S/C54H37NO/c1-4-17-38(18-5-1)44-23-10-11-26-50(44)54-46(40-21-8-3-9-22-40)27-16-28-47(54)41-31-33-42(34-32-41)55(51-29-14-12-24-45(51)39-19-6-2-7-20-39)43-35-36-49-48-25-13-15-30-52(48)56-53(49)37-43/h1-37H. The quantitative estimate of drug-likeness (QED) is 0.156. The van der Waals surface area contributed by atoms with Crippen molar-refractivity contribution in [1.82, 2.24) is 0 Å². The summed E-state index contributed by atoms with van der Waals surface area (Å²) in [6.45, 7) is 0. The van der Waals surface area contributed by atoms with Gasteiger partial charge in [0.1, 0.15) is 11.2 Å². The van der Waals surface area contributed by atoms with Crippen LogP contribution >= 0.6 is 0 Å². The number of benzene rings is 9. The van der Waals surface area contributed by atoms with E-state index in [1.165, 1.54) is 38.9 Å². The van der Waals surface area contributed by atoms with Crippen LogP contribution in [0.5, 0.6) is 0 Å². The van der Waals surface area contributed by atoms with Gasteiger partial charge in [-0.25, -0.2) is 0 Å². The molecule has 0 aliphatic rings. The largest absolute Gasteiger partial charge is 0.456 e. The summed E-state index contributed by atoms with van der Waals surface area (Å²) >= 11 is 0. The molecule has 0 saturated heterocycles. The summed E-state index contributed by atoms with van der Waals surface area (Å²) in [6, 6.07) is 80.1. The first-order chi connectivity index (χ1) is 27.8. The molecule has 9 aromatic carbocycles. The molecule has 2 heteroatoms. The molecule has 0 spiro atoms. The second kappa shape index (κ2) is 14.4. The summed E-state index contributed by atoms with van der Waals surface area (Å²) < 4.78 is 6.42. The molecule has 0 unspecified atom stereocenters. The van der Waals surface area contributed by atoms with Gasteiger partial charge < -0.3 is 9.32 Å². The highest BCUT2D eigenvalue weighted by molar-refractivity contribution is 6.06. The summed E-state index contributed by atoms with van der Waals surface area (Å²) in [5.41, 5.74) is 16.8. The molecule has 0 aliphatic heterocycles. The van der Waals surface area contributed by atoms with Gasteiger partial charge in [-0.1, -0.05) is 182 Å². The van der Waals surface area contributed by atoms with Gasteiger partial charge in [0, 0.05) is 33.8 Å². The Morgan fingerprint density at radius 1 is 0.286 bits per heavy atom. The van der Waals surface area contributed by atoms with Gasteiger partial charge in [-0.3, -0.25) is 0 Å². The Hall–Kier alpha value is -7.42. The summed E-state index contributed by atoms with van der Waals surface area (Å²) in [7, 11) is 0. The fourth-order valence-corrected chi connectivity index (χ4v) is 8.11. The Bertz CT molecular complexity index is 2950. The molecule has 0 atom stereocenters. The van der Waals surface area contributed by atoms with Crippen LogP contribution in [0.3, 0.4) is 0 Å². The minimum Gasteiger partial charge on any atom is -0.456 e. The molecule has 2 nitrogen and oxygen atoms in total. The Kier molecular flexibility index (Phi) is 8.55. The van der Waals surface area contributed by atoms with E-state index in [0.717, 1.165) is 55.7 Å². The van der Waals surface area contributed by atoms with Gasteiger partial charge in [-0.15, -0.1) is 0 Å². The number of nitrogens with zero attached hydrogens (tertiary/aromatic N) is 1. The van der Waals surface area contributed by atoms with Crippen molar-refractivity contribution in [3.05, 3.63) is 224 Å². The summed E-state index contributed by atoms with van der Waals surface area (Å²) in [5.74, 6) is 0. The number of anilines is 3. The molecule has 1 heterocycles. The Labute approximate surface area is 327 Å². The molecule has 0 fully saturated rings. The van der Waals surface area contributed by atoms with Gasteiger partial charge in [0.25, 0.3) is 0 Å². The highest BCUT2D eigenvalue weighted by Crippen LogP contribution is 2.46. The summed E-state index contributed by atoms with van der Waals surface area (Å²) in [5, 5.41) is 2.23. The third kappa shape index (κ3) is 6.04. The highest BCUT2D eigenvalue weighted by Gasteiger charge is 2.21. The van der Waals surface area contributed by atoms with E-state index in [-0.39, 0.29) is 0 Å². The monoisotopic (exact) mass is 715 g/mol. The fraction of sp³-hybridized carbons (Fsp3) is 0. The van der Waals surface area contributed by atoms with Crippen molar-refractivity contribution in [1.29, 1.82) is 0 Å². The van der Waals surface area contributed by atoms with Crippen LogP contribution in [0, 0.1) is 0 Å². The average molecular weight is 716 g/mol. The lowest BCUT2D eigenvalue weighted by Crippen LogP contribution is -2.11. The maximum Gasteiger partial charge on any atom is 0.137 e. The van der Waals surface area contributed by atoms with Gasteiger partial charge in [-0.2, -0.15) is 0 Å². The zero-order valence-electron chi connectivity index (χ0n) is 30.7. The molecule has 0 aliphatic carbocycles. The minimum atomic E-state index is 0.863. The van der Waals surface area contributed by atoms with Crippen LogP contribution in [0.25, 0.3) is 77.6 Å². The maximum absolute atomic E-state index is 6.42. The minimum absolute atomic E-state index is 0.863. The number of hydrogen-bond donors (Lipinski definition) is 0. The third-order valence-corrected chi connectivity index (χ3v) is 10.7. The van der Waals surface area contributed by atoms with E-state index in [4.69, 9.17) is 4.42 Å². The van der Waals surface area contributed by atoms with Gasteiger partial charge in [0.2, 0.25) is 0 Å². The predicted molar refractivity (Wildman–Crippen MR) is 236 cm³/mol. The van der Waals surface area contributed by atoms with E-state index >= 15 is 0 Å². The molecule has 1 aromatic heterocycles. The van der Waals surface area contributed by atoms with Crippen molar-refractivity contribution < 1.29 is 4.42 Å². The second-order valence-electron chi connectivity index (χ2n) is 14.0. The van der Waals surface area contributed by atoms with Crippen molar-refractivity contribution in [3.63, 3.8) is 0 Å². The smallest absolute Gasteiger partial charge is 0.137 e. The molecular weight excluding hydrogens is 679 g/mol. The van der Waals surface area contributed by atoms with Crippen LogP contribution in [0.1, 0.15) is 0 Å². The normalized spacial score (nSPS) is 11.2. The van der Waals surface area contributed by atoms with Gasteiger partial charge >= 0.3 is 0 Å². The lowest BCUT2D eigenvalue weighted by atomic mass is 9.84. The average Bonchev–Trinajstić information content (AvgIpc) is 3.66. The first-order valence-corrected chi connectivity index (χ1v) is 19.1. The lowest BCUT2D eigenvalue weighted by Gasteiger charge is -2.28. The van der Waals surface area contributed by atoms with Crippen LogP contribution in [-0.2, 0) is 0 Å². The Balaban J connectivity index is 1.15. The first kappa shape index (κ1) is 33.2. The van der Waals surface area contributed by atoms with Crippen LogP contribution in [-0.4, -0.2) is 0 Å². The van der Waals surface area contributed by atoms with E-state index in [1.807, 2.05) is 12.1 Å². The molecule has 10 rings (SSSR count). The number of furan rings is 1. The molecule has 10 aromatic rings. The SMILES string of the molecule is c1ccc(-c2ccccc2-c2c(-c3ccccc3)cccc2-c2ccc(N(c3ccc4c(c3)oc3ccccc34)c3ccccc3-c3ccccc3)cc2)cc1. The Morgan fingerprint density at radius 2 is 0.750 bits per heavy atom. The van der Waals surface area contributed by atoms with E-state index in [0.29, 0.717) is 0 Å². The van der Waals surface area contributed by atoms with E-state index in [9.17, 15) is 0 Å². The predicted octanol–water partition coefficient (Wildman–Crippen LogP) is 15.4. The molecule has 0 radical (unpaired) electrons. The molecule has 0 amide bonds. The van der Waals surface area contributed by atoms with Crippen molar-refractivity contribution in [2.24, 2.45) is 0 Å². The first-order valence-electron chi connectivity index (χ1n) is 19.1. The van der Waals surface area contributed by atoms with E-state index in [2.05, 4.69) is 217 Å². The van der Waals surface area contributed by atoms with E-state index < -0.39 is 0 Å². The van der Waals surface area contributed by atoms with Crippen LogP contribution in [0.15, 0.2) is 229 Å². The zero-order chi connectivity index (χ0) is 37.3. The molecule has 0 N–H and O–H groups in total. The fourth-order valence-electron chi connectivity index (χ4n) is 8.11. The highest BCUT2D eigenvalue weighted by atomic mass is 16.3. The third-order valence-electron chi connectivity index (χ3n) is 10.7. The van der Waals surface area contributed by atoms with Gasteiger partial charge in [0.15, 0.2) is 0 Å². The van der Waals surface area contributed by atoms with Crippen molar-refractivity contribution in [3.8, 4) is 55.6 Å².